The van der Waals surface area contributed by atoms with Crippen LogP contribution in [0, 0.1) is 0 Å². The summed E-state index contributed by atoms with van der Waals surface area (Å²) in [4.78, 5) is 27.6. The van der Waals surface area contributed by atoms with E-state index in [0.717, 1.165) is 17.7 Å². The molecule has 2 heterocycles. The number of benzene rings is 1. The monoisotopic (exact) mass is 255 g/mol. The maximum absolute atomic E-state index is 12.4. The summed E-state index contributed by atoms with van der Waals surface area (Å²) >= 11 is 0. The third-order valence-corrected chi connectivity index (χ3v) is 3.28. The van der Waals surface area contributed by atoms with Crippen LogP contribution in [-0.2, 0) is 6.42 Å². The Balaban J connectivity index is 1.95. The van der Waals surface area contributed by atoms with Crippen LogP contribution in [0.3, 0.4) is 0 Å². The summed E-state index contributed by atoms with van der Waals surface area (Å²) in [6.07, 6.45) is 2.25. The van der Waals surface area contributed by atoms with E-state index < -0.39 is 0 Å². The summed E-state index contributed by atoms with van der Waals surface area (Å²) in [7, 11) is 0. The highest BCUT2D eigenvalue weighted by molar-refractivity contribution is 6.07. The highest BCUT2D eigenvalue weighted by atomic mass is 16.2. The molecule has 2 aromatic rings. The Hall–Kier alpha value is -2.56. The standard InChI is InChI=1S/C14H13N3O2/c15-11-2-3-12-9(7-11)5-6-17(12)14(19)10-1-4-13(18)16-8-10/h1-4,7-8H,5-6,15H2,(H,16,18). The van der Waals surface area contributed by atoms with E-state index in [-0.39, 0.29) is 11.5 Å². The van der Waals surface area contributed by atoms with Crippen LogP contribution in [0.1, 0.15) is 15.9 Å². The minimum Gasteiger partial charge on any atom is -0.399 e. The molecular weight excluding hydrogens is 242 g/mol. The number of carbonyl (C=O) groups excluding carboxylic acids is 1. The van der Waals surface area contributed by atoms with E-state index in [9.17, 15) is 9.59 Å². The number of fused-ring (bicyclic) bond motifs is 1. The van der Waals surface area contributed by atoms with Gasteiger partial charge in [-0.25, -0.2) is 0 Å². The third kappa shape index (κ3) is 1.99. The lowest BCUT2D eigenvalue weighted by atomic mass is 10.1. The molecule has 0 bridgehead atoms. The van der Waals surface area contributed by atoms with Crippen LogP contribution in [0.15, 0.2) is 41.3 Å². The second-order valence-corrected chi connectivity index (χ2v) is 4.54. The highest BCUT2D eigenvalue weighted by Gasteiger charge is 2.25. The number of anilines is 2. The van der Waals surface area contributed by atoms with Gasteiger partial charge in [0.1, 0.15) is 0 Å². The van der Waals surface area contributed by atoms with E-state index in [4.69, 9.17) is 5.73 Å². The molecule has 96 valence electrons. The zero-order valence-corrected chi connectivity index (χ0v) is 10.2. The fourth-order valence-corrected chi connectivity index (χ4v) is 2.33. The van der Waals surface area contributed by atoms with Gasteiger partial charge in [-0.15, -0.1) is 0 Å². The zero-order chi connectivity index (χ0) is 13.4. The number of rotatable bonds is 1. The van der Waals surface area contributed by atoms with E-state index >= 15 is 0 Å². The number of pyridine rings is 1. The minimum absolute atomic E-state index is 0.111. The van der Waals surface area contributed by atoms with E-state index in [0.29, 0.717) is 17.8 Å². The molecule has 0 spiro atoms. The first-order chi connectivity index (χ1) is 9.15. The lowest BCUT2D eigenvalue weighted by Crippen LogP contribution is -2.29. The number of nitrogens with one attached hydrogen (secondary N) is 1. The van der Waals surface area contributed by atoms with Crippen LogP contribution in [0.2, 0.25) is 0 Å². The van der Waals surface area contributed by atoms with Crippen molar-refractivity contribution in [3.63, 3.8) is 0 Å². The van der Waals surface area contributed by atoms with Crippen molar-refractivity contribution < 1.29 is 4.79 Å². The van der Waals surface area contributed by atoms with Gasteiger partial charge in [-0.05, 0) is 36.2 Å². The second kappa shape index (κ2) is 4.28. The van der Waals surface area contributed by atoms with Crippen molar-refractivity contribution in [1.82, 2.24) is 4.98 Å². The zero-order valence-electron chi connectivity index (χ0n) is 10.2. The van der Waals surface area contributed by atoms with Crippen molar-refractivity contribution in [3.8, 4) is 0 Å². The molecule has 1 aromatic heterocycles. The SMILES string of the molecule is Nc1ccc2c(c1)CCN2C(=O)c1ccc(=O)[nH]c1. The Morgan fingerprint density at radius 2 is 2.11 bits per heavy atom. The van der Waals surface area contributed by atoms with E-state index in [1.54, 1.807) is 11.0 Å². The molecule has 0 saturated heterocycles. The van der Waals surface area contributed by atoms with Crippen LogP contribution in [-0.4, -0.2) is 17.4 Å². The summed E-state index contributed by atoms with van der Waals surface area (Å²) in [5, 5.41) is 0. The molecule has 5 heteroatoms. The lowest BCUT2D eigenvalue weighted by Gasteiger charge is -2.17. The molecular formula is C14H13N3O2. The van der Waals surface area contributed by atoms with Crippen molar-refractivity contribution >= 4 is 17.3 Å². The summed E-state index contributed by atoms with van der Waals surface area (Å²) < 4.78 is 0. The van der Waals surface area contributed by atoms with Crippen LogP contribution in [0.5, 0.6) is 0 Å². The molecule has 0 unspecified atom stereocenters. The first-order valence-electron chi connectivity index (χ1n) is 6.04. The number of nitrogens with two attached hydrogens (primary N) is 1. The number of nitrogens with zero attached hydrogens (tertiary/aromatic N) is 1. The fraction of sp³-hybridized carbons (Fsp3) is 0.143. The smallest absolute Gasteiger partial charge is 0.259 e. The lowest BCUT2D eigenvalue weighted by molar-refractivity contribution is 0.0989. The average Bonchev–Trinajstić information content (AvgIpc) is 2.81. The molecule has 1 aliphatic heterocycles. The van der Waals surface area contributed by atoms with Gasteiger partial charge < -0.3 is 15.6 Å². The normalized spacial score (nSPS) is 13.4. The summed E-state index contributed by atoms with van der Waals surface area (Å²) in [6.45, 7) is 0.636. The Kier molecular flexibility index (Phi) is 2.59. The quantitative estimate of drug-likeness (QED) is 0.750. The topological polar surface area (TPSA) is 79.2 Å². The average molecular weight is 255 g/mol. The van der Waals surface area contributed by atoms with E-state index in [1.165, 1.54) is 18.3 Å². The molecule has 3 rings (SSSR count). The van der Waals surface area contributed by atoms with Gasteiger partial charge >= 0.3 is 0 Å². The number of carbonyl (C=O) groups is 1. The molecule has 0 aliphatic carbocycles. The van der Waals surface area contributed by atoms with Gasteiger partial charge in [-0.3, -0.25) is 9.59 Å². The fourth-order valence-electron chi connectivity index (χ4n) is 2.33. The number of nitrogen functional groups attached to an aromatic ring is 1. The van der Waals surface area contributed by atoms with E-state index in [2.05, 4.69) is 4.98 Å². The molecule has 0 saturated carbocycles. The van der Waals surface area contributed by atoms with Gasteiger partial charge in [0, 0.05) is 30.2 Å². The van der Waals surface area contributed by atoms with Gasteiger partial charge in [-0.1, -0.05) is 0 Å². The molecule has 5 nitrogen and oxygen atoms in total. The third-order valence-electron chi connectivity index (χ3n) is 3.28. The summed E-state index contributed by atoms with van der Waals surface area (Å²) in [5.41, 5.74) is 8.68. The van der Waals surface area contributed by atoms with Gasteiger partial charge in [0.25, 0.3) is 5.91 Å². The van der Waals surface area contributed by atoms with Crippen LogP contribution in [0.25, 0.3) is 0 Å². The Labute approximate surface area is 109 Å². The largest absolute Gasteiger partial charge is 0.399 e. The Morgan fingerprint density at radius 3 is 2.84 bits per heavy atom. The van der Waals surface area contributed by atoms with Gasteiger partial charge in [0.15, 0.2) is 0 Å². The van der Waals surface area contributed by atoms with Crippen molar-refractivity contribution in [3.05, 3.63) is 58.0 Å². The summed E-state index contributed by atoms with van der Waals surface area (Å²) in [6, 6.07) is 8.44. The predicted octanol–water partition coefficient (Wildman–Crippen LogP) is 1.16. The highest BCUT2D eigenvalue weighted by Crippen LogP contribution is 2.30. The van der Waals surface area contributed by atoms with Crippen LogP contribution in [0.4, 0.5) is 11.4 Å². The summed E-state index contributed by atoms with van der Waals surface area (Å²) in [5.74, 6) is -0.111. The first-order valence-corrected chi connectivity index (χ1v) is 6.04. The molecule has 3 N–H and O–H groups in total. The Morgan fingerprint density at radius 1 is 1.26 bits per heavy atom. The van der Waals surface area contributed by atoms with Gasteiger partial charge in [0.2, 0.25) is 5.56 Å². The van der Waals surface area contributed by atoms with Crippen molar-refractivity contribution in [2.45, 2.75) is 6.42 Å². The predicted molar refractivity (Wildman–Crippen MR) is 73.3 cm³/mol. The molecule has 0 atom stereocenters. The maximum atomic E-state index is 12.4. The van der Waals surface area contributed by atoms with Crippen LogP contribution >= 0.6 is 0 Å². The number of hydrogen-bond donors (Lipinski definition) is 2. The van der Waals surface area contributed by atoms with Crippen molar-refractivity contribution in [2.75, 3.05) is 17.2 Å². The maximum Gasteiger partial charge on any atom is 0.259 e. The first kappa shape index (κ1) is 11.5. The number of amides is 1. The number of hydrogen-bond acceptors (Lipinski definition) is 3. The molecule has 1 aliphatic rings. The van der Waals surface area contributed by atoms with Gasteiger partial charge in [-0.2, -0.15) is 0 Å². The number of H-pyrrole nitrogens is 1. The second-order valence-electron chi connectivity index (χ2n) is 4.54. The molecule has 0 radical (unpaired) electrons. The van der Waals surface area contributed by atoms with Gasteiger partial charge in [0.05, 0.1) is 5.56 Å². The minimum atomic E-state index is -0.217. The molecule has 19 heavy (non-hydrogen) atoms. The molecule has 1 amide bonds. The van der Waals surface area contributed by atoms with Crippen molar-refractivity contribution in [1.29, 1.82) is 0 Å². The number of aromatic nitrogens is 1. The van der Waals surface area contributed by atoms with Crippen LogP contribution < -0.4 is 16.2 Å². The number of aromatic amines is 1. The Bertz CT molecular complexity index is 686. The van der Waals surface area contributed by atoms with E-state index in [1.807, 2.05) is 12.1 Å². The molecule has 0 fully saturated rings. The van der Waals surface area contributed by atoms with Crippen molar-refractivity contribution in [2.24, 2.45) is 0 Å². The molecule has 1 aromatic carbocycles.